The van der Waals surface area contributed by atoms with E-state index in [9.17, 15) is 0 Å². The molecule has 38 valence electrons. The van der Waals surface area contributed by atoms with Crippen LogP contribution in [0.1, 0.15) is 6.92 Å². The second-order valence-electron chi connectivity index (χ2n) is 1.01. The Balaban J connectivity index is 2.99. The summed E-state index contributed by atoms with van der Waals surface area (Å²) in [6, 6.07) is 0. The van der Waals surface area contributed by atoms with Crippen LogP contribution in [0.15, 0.2) is 0 Å². The minimum atomic E-state index is -0.438. The van der Waals surface area contributed by atoms with E-state index in [0.29, 0.717) is 0 Å². The number of halogens is 3. The predicted octanol–water partition coefficient (Wildman–Crippen LogP) is 2.42. The van der Waals surface area contributed by atoms with Crippen LogP contribution >= 0.6 is 34.8 Å². The van der Waals surface area contributed by atoms with Gasteiger partial charge in [-0.25, -0.2) is 0 Å². The summed E-state index contributed by atoms with van der Waals surface area (Å²) in [7, 11) is 0. The Morgan fingerprint density at radius 2 is 1.33 bits per heavy atom. The molecule has 0 nitrogen and oxygen atoms in total. The molecule has 0 aromatic heterocycles. The second kappa shape index (κ2) is 2.95. The van der Waals surface area contributed by atoms with Crippen molar-refractivity contribution in [2.75, 3.05) is 0 Å². The highest BCUT2D eigenvalue weighted by Crippen LogP contribution is 2.11. The van der Waals surface area contributed by atoms with E-state index >= 15 is 0 Å². The molecule has 0 heterocycles. The summed E-state index contributed by atoms with van der Waals surface area (Å²) in [4.78, 5) is -0.438. The summed E-state index contributed by atoms with van der Waals surface area (Å²) >= 11 is 15.8. The summed E-state index contributed by atoms with van der Waals surface area (Å²) in [5.41, 5.74) is 0. The first-order chi connectivity index (χ1) is 2.64. The maximum absolute atomic E-state index is 5.35. The normalized spacial score (nSPS) is 15.5. The van der Waals surface area contributed by atoms with Crippen LogP contribution in [0, 0.1) is 0 Å². The third kappa shape index (κ3) is 3.08. The fourth-order valence-electron chi connectivity index (χ4n) is 0. The molecule has 0 aromatic carbocycles. The molecule has 6 heavy (non-hydrogen) atoms. The van der Waals surface area contributed by atoms with Crippen molar-refractivity contribution in [1.82, 2.24) is 0 Å². The van der Waals surface area contributed by atoms with Crippen molar-refractivity contribution in [2.24, 2.45) is 0 Å². The van der Waals surface area contributed by atoms with Crippen molar-refractivity contribution in [3.63, 3.8) is 0 Å². The maximum Gasteiger partial charge on any atom is 0.123 e. The molecule has 0 aromatic rings. The quantitative estimate of drug-likeness (QED) is 0.500. The Bertz CT molecular complexity index is 27.0. The molecule has 0 spiro atoms. The molecule has 0 fully saturated rings. The first kappa shape index (κ1) is 6.87. The van der Waals surface area contributed by atoms with Crippen LogP contribution in [0.5, 0.6) is 0 Å². The molecule has 0 saturated carbocycles. The first-order valence-electron chi connectivity index (χ1n) is 1.57. The van der Waals surface area contributed by atoms with Crippen molar-refractivity contribution in [1.29, 1.82) is 0 Å². The number of hydrogen-bond donors (Lipinski definition) is 0. The SMILES string of the molecule is C[C@@H](Cl)C(Cl)Cl. The molecular formula is C3H5Cl3. The standard InChI is InChI=1S/C3H5Cl3/c1-2(4)3(5)6/h2-3H,1H3/t2-/m1/s1. The van der Waals surface area contributed by atoms with Crippen molar-refractivity contribution < 1.29 is 0 Å². The lowest BCUT2D eigenvalue weighted by Gasteiger charge is -1.97. The Morgan fingerprint density at radius 1 is 1.17 bits per heavy atom. The van der Waals surface area contributed by atoms with Gasteiger partial charge in [0.1, 0.15) is 4.84 Å². The minimum Gasteiger partial charge on any atom is -0.120 e. The van der Waals surface area contributed by atoms with Crippen LogP contribution in [0.3, 0.4) is 0 Å². The molecule has 0 amide bonds. The van der Waals surface area contributed by atoms with Crippen molar-refractivity contribution in [3.05, 3.63) is 0 Å². The molecule has 0 aliphatic carbocycles. The Kier molecular flexibility index (Phi) is 3.38. The van der Waals surface area contributed by atoms with Gasteiger partial charge in [0.05, 0.1) is 5.38 Å². The average molecular weight is 147 g/mol. The molecule has 0 N–H and O–H groups in total. The van der Waals surface area contributed by atoms with Crippen LogP contribution < -0.4 is 0 Å². The molecule has 0 saturated heterocycles. The van der Waals surface area contributed by atoms with E-state index in [2.05, 4.69) is 0 Å². The van der Waals surface area contributed by atoms with Crippen molar-refractivity contribution >= 4 is 34.8 Å². The molecule has 0 rings (SSSR count). The molecule has 0 aliphatic rings. The topological polar surface area (TPSA) is 0 Å². The lowest BCUT2D eigenvalue weighted by molar-refractivity contribution is 1.05. The Labute approximate surface area is 52.4 Å². The number of alkyl halides is 3. The average Bonchev–Trinajstić information content (AvgIpc) is 1.36. The van der Waals surface area contributed by atoms with E-state index in [1.54, 1.807) is 6.92 Å². The van der Waals surface area contributed by atoms with Gasteiger partial charge in [-0.1, -0.05) is 0 Å². The Morgan fingerprint density at radius 3 is 1.33 bits per heavy atom. The van der Waals surface area contributed by atoms with E-state index in [4.69, 9.17) is 34.8 Å². The number of hydrogen-bond acceptors (Lipinski definition) is 0. The van der Waals surface area contributed by atoms with Gasteiger partial charge in [-0.15, -0.1) is 34.8 Å². The zero-order valence-electron chi connectivity index (χ0n) is 3.29. The molecule has 3 heteroatoms. The van der Waals surface area contributed by atoms with Gasteiger partial charge >= 0.3 is 0 Å². The Hall–Kier alpha value is 0.870. The molecule has 0 aliphatic heterocycles. The van der Waals surface area contributed by atoms with Gasteiger partial charge in [-0.05, 0) is 6.92 Å². The molecule has 0 radical (unpaired) electrons. The minimum absolute atomic E-state index is 0.145. The lowest BCUT2D eigenvalue weighted by Crippen LogP contribution is -2.00. The van der Waals surface area contributed by atoms with E-state index in [1.807, 2.05) is 0 Å². The summed E-state index contributed by atoms with van der Waals surface area (Å²) in [6.45, 7) is 1.74. The predicted molar refractivity (Wildman–Crippen MR) is 30.8 cm³/mol. The molecule has 0 unspecified atom stereocenters. The summed E-state index contributed by atoms with van der Waals surface area (Å²) < 4.78 is 0. The highest BCUT2D eigenvalue weighted by Gasteiger charge is 2.04. The monoisotopic (exact) mass is 146 g/mol. The summed E-state index contributed by atoms with van der Waals surface area (Å²) in [5.74, 6) is 0. The highest BCUT2D eigenvalue weighted by molar-refractivity contribution is 6.48. The van der Waals surface area contributed by atoms with Crippen LogP contribution in [-0.2, 0) is 0 Å². The third-order valence-electron chi connectivity index (χ3n) is 0.347. The van der Waals surface area contributed by atoms with Crippen molar-refractivity contribution in [2.45, 2.75) is 17.1 Å². The first-order valence-corrected chi connectivity index (χ1v) is 2.87. The lowest BCUT2D eigenvalue weighted by atomic mass is 10.6. The van der Waals surface area contributed by atoms with Gasteiger partial charge < -0.3 is 0 Å². The van der Waals surface area contributed by atoms with Crippen LogP contribution in [0.25, 0.3) is 0 Å². The third-order valence-corrected chi connectivity index (χ3v) is 1.61. The summed E-state index contributed by atoms with van der Waals surface area (Å²) in [6.07, 6.45) is 0. The van der Waals surface area contributed by atoms with Crippen LogP contribution in [0.2, 0.25) is 0 Å². The molecular weight excluding hydrogens is 142 g/mol. The highest BCUT2D eigenvalue weighted by atomic mass is 35.5. The van der Waals surface area contributed by atoms with Crippen molar-refractivity contribution in [3.8, 4) is 0 Å². The van der Waals surface area contributed by atoms with E-state index in [0.717, 1.165) is 0 Å². The largest absolute Gasteiger partial charge is 0.123 e. The van der Waals surface area contributed by atoms with Crippen LogP contribution in [0.4, 0.5) is 0 Å². The fourth-order valence-corrected chi connectivity index (χ4v) is 0. The smallest absolute Gasteiger partial charge is 0.120 e. The van der Waals surface area contributed by atoms with Gasteiger partial charge in [-0.3, -0.25) is 0 Å². The second-order valence-corrected chi connectivity index (χ2v) is 2.86. The van der Waals surface area contributed by atoms with E-state index in [-0.39, 0.29) is 5.38 Å². The molecule has 1 atom stereocenters. The van der Waals surface area contributed by atoms with E-state index in [1.165, 1.54) is 0 Å². The fraction of sp³-hybridized carbons (Fsp3) is 1.00. The van der Waals surface area contributed by atoms with Gasteiger partial charge in [-0.2, -0.15) is 0 Å². The van der Waals surface area contributed by atoms with Gasteiger partial charge in [0.2, 0.25) is 0 Å². The van der Waals surface area contributed by atoms with Gasteiger partial charge in [0.25, 0.3) is 0 Å². The van der Waals surface area contributed by atoms with E-state index < -0.39 is 4.84 Å². The zero-order chi connectivity index (χ0) is 5.15. The summed E-state index contributed by atoms with van der Waals surface area (Å²) in [5, 5.41) is -0.145. The number of rotatable bonds is 1. The van der Waals surface area contributed by atoms with Gasteiger partial charge in [0, 0.05) is 0 Å². The molecule has 0 bridgehead atoms. The zero-order valence-corrected chi connectivity index (χ0v) is 5.56. The van der Waals surface area contributed by atoms with Crippen LogP contribution in [-0.4, -0.2) is 10.2 Å². The van der Waals surface area contributed by atoms with Gasteiger partial charge in [0.15, 0.2) is 0 Å². The maximum atomic E-state index is 5.35.